The Hall–Kier alpha value is -1.38. The molecular weight excluding hydrogens is 290 g/mol. The molecule has 0 saturated carbocycles. The summed E-state index contributed by atoms with van der Waals surface area (Å²) in [6, 6.07) is 1.59. The maximum atomic E-state index is 13.9. The van der Waals surface area contributed by atoms with Crippen molar-refractivity contribution < 1.29 is 22.0 Å². The van der Waals surface area contributed by atoms with E-state index in [1.807, 2.05) is 11.9 Å². The van der Waals surface area contributed by atoms with Gasteiger partial charge < -0.3 is 4.90 Å². The molecule has 0 amide bonds. The Morgan fingerprint density at radius 2 is 1.75 bits per heavy atom. The molecule has 5 nitrogen and oxygen atoms in total. The number of nitrogens with zero attached hydrogens (tertiary/aromatic N) is 2. The van der Waals surface area contributed by atoms with Gasteiger partial charge in [0.15, 0.2) is 5.82 Å². The van der Waals surface area contributed by atoms with Crippen LogP contribution in [0.3, 0.4) is 0 Å². The van der Waals surface area contributed by atoms with Crippen molar-refractivity contribution in [3.05, 3.63) is 29.3 Å². The van der Waals surface area contributed by atoms with Crippen LogP contribution in [0.1, 0.15) is 5.56 Å². The molecule has 1 aromatic rings. The van der Waals surface area contributed by atoms with Gasteiger partial charge in [-0.15, -0.1) is 0 Å². The van der Waals surface area contributed by atoms with E-state index in [4.69, 9.17) is 0 Å². The standard InChI is InChI=1S/C12H13F2N2O3S/c1-15-4-6-16(7-5-15)20(18,19)11-3-2-10(13)9(8-17)12(11)14/h2-3H,4-7H2,1H3. The van der Waals surface area contributed by atoms with E-state index in [1.165, 1.54) is 0 Å². The van der Waals surface area contributed by atoms with Crippen LogP contribution in [0.25, 0.3) is 0 Å². The Morgan fingerprint density at radius 3 is 2.30 bits per heavy atom. The van der Waals surface area contributed by atoms with Gasteiger partial charge in [-0.05, 0) is 19.2 Å². The third-order valence-corrected chi connectivity index (χ3v) is 5.15. The van der Waals surface area contributed by atoms with Crippen LogP contribution >= 0.6 is 0 Å². The highest BCUT2D eigenvalue weighted by atomic mass is 32.2. The maximum Gasteiger partial charge on any atom is 0.246 e. The molecular formula is C12H13F2N2O3S. The molecule has 109 valence electrons. The summed E-state index contributed by atoms with van der Waals surface area (Å²) in [6.07, 6.45) is 1.09. The highest BCUT2D eigenvalue weighted by molar-refractivity contribution is 7.89. The number of halogens is 2. The lowest BCUT2D eigenvalue weighted by Gasteiger charge is -2.31. The van der Waals surface area contributed by atoms with E-state index in [9.17, 15) is 22.0 Å². The van der Waals surface area contributed by atoms with Crippen LogP contribution in [-0.4, -0.2) is 57.1 Å². The van der Waals surface area contributed by atoms with Crippen LogP contribution in [0.5, 0.6) is 0 Å². The van der Waals surface area contributed by atoms with Crippen LogP contribution in [0, 0.1) is 11.6 Å². The largest absolute Gasteiger partial charge is 0.304 e. The fourth-order valence-electron chi connectivity index (χ4n) is 1.99. The molecule has 1 aliphatic rings. The van der Waals surface area contributed by atoms with Crippen molar-refractivity contribution in [2.45, 2.75) is 4.90 Å². The SMILES string of the molecule is CN1CCN(S(=O)(=O)c2ccc(F)c([C]=O)c2F)CC1. The zero-order valence-electron chi connectivity index (χ0n) is 10.8. The van der Waals surface area contributed by atoms with E-state index in [1.54, 1.807) is 0 Å². The monoisotopic (exact) mass is 303 g/mol. The fraction of sp³-hybridized carbons (Fsp3) is 0.417. The molecule has 0 atom stereocenters. The molecule has 1 fully saturated rings. The number of rotatable bonds is 3. The van der Waals surface area contributed by atoms with E-state index in [0.29, 0.717) is 13.1 Å². The van der Waals surface area contributed by atoms with Crippen molar-refractivity contribution in [1.82, 2.24) is 9.21 Å². The Balaban J connectivity index is 2.42. The van der Waals surface area contributed by atoms with Crippen LogP contribution in [0.2, 0.25) is 0 Å². The number of hydrogen-bond acceptors (Lipinski definition) is 4. The predicted molar refractivity (Wildman–Crippen MR) is 67.4 cm³/mol. The normalized spacial score (nSPS) is 18.1. The average Bonchev–Trinajstić information content (AvgIpc) is 2.39. The van der Waals surface area contributed by atoms with Gasteiger partial charge in [-0.3, -0.25) is 4.79 Å². The van der Waals surface area contributed by atoms with Gasteiger partial charge in [0.25, 0.3) is 0 Å². The Labute approximate surface area is 115 Å². The molecule has 1 aliphatic heterocycles. The Kier molecular flexibility index (Phi) is 4.17. The molecule has 0 N–H and O–H groups in total. The number of benzene rings is 1. The smallest absolute Gasteiger partial charge is 0.246 e. The number of carbonyl (C=O) groups excluding carboxylic acids is 1. The molecule has 0 spiro atoms. The zero-order chi connectivity index (χ0) is 14.9. The van der Waals surface area contributed by atoms with Crippen LogP contribution in [-0.2, 0) is 14.8 Å². The Morgan fingerprint density at radius 1 is 1.15 bits per heavy atom. The van der Waals surface area contributed by atoms with Gasteiger partial charge in [0.1, 0.15) is 10.7 Å². The van der Waals surface area contributed by atoms with Crippen LogP contribution in [0.4, 0.5) is 8.78 Å². The van der Waals surface area contributed by atoms with Crippen molar-refractivity contribution in [3.8, 4) is 0 Å². The van der Waals surface area contributed by atoms with Crippen LogP contribution in [0.15, 0.2) is 17.0 Å². The van der Waals surface area contributed by atoms with Gasteiger partial charge in [-0.2, -0.15) is 4.31 Å². The van der Waals surface area contributed by atoms with Gasteiger partial charge in [0, 0.05) is 26.2 Å². The summed E-state index contributed by atoms with van der Waals surface area (Å²) in [4.78, 5) is 11.8. The van der Waals surface area contributed by atoms with Gasteiger partial charge in [0.05, 0.1) is 5.56 Å². The molecule has 0 bridgehead atoms. The van der Waals surface area contributed by atoms with Crippen molar-refractivity contribution in [3.63, 3.8) is 0 Å². The molecule has 1 heterocycles. The first-order valence-electron chi connectivity index (χ1n) is 5.92. The van der Waals surface area contributed by atoms with Crippen molar-refractivity contribution in [2.24, 2.45) is 0 Å². The average molecular weight is 303 g/mol. The zero-order valence-corrected chi connectivity index (χ0v) is 11.6. The first-order chi connectivity index (χ1) is 9.37. The predicted octanol–water partition coefficient (Wildman–Crippen LogP) is 0.359. The highest BCUT2D eigenvalue weighted by Crippen LogP contribution is 2.23. The van der Waals surface area contributed by atoms with Crippen molar-refractivity contribution in [2.75, 3.05) is 33.2 Å². The second kappa shape index (κ2) is 5.55. The number of piperazine rings is 1. The Bertz CT molecular complexity index is 626. The van der Waals surface area contributed by atoms with E-state index in [-0.39, 0.29) is 13.1 Å². The molecule has 1 aromatic carbocycles. The second-order valence-corrected chi connectivity index (χ2v) is 6.45. The molecule has 2 rings (SSSR count). The van der Waals surface area contributed by atoms with E-state index >= 15 is 0 Å². The number of sulfonamides is 1. The molecule has 1 saturated heterocycles. The lowest BCUT2D eigenvalue weighted by molar-refractivity contribution is 0.222. The third kappa shape index (κ3) is 2.58. The fourth-order valence-corrected chi connectivity index (χ4v) is 3.48. The number of likely N-dealkylation sites (N-methyl/N-ethyl adjacent to an activating group) is 1. The lowest BCUT2D eigenvalue weighted by Crippen LogP contribution is -2.47. The van der Waals surface area contributed by atoms with E-state index in [2.05, 4.69) is 0 Å². The summed E-state index contributed by atoms with van der Waals surface area (Å²) in [5, 5.41) is 0. The van der Waals surface area contributed by atoms with E-state index < -0.39 is 32.1 Å². The highest BCUT2D eigenvalue weighted by Gasteiger charge is 2.31. The summed E-state index contributed by atoms with van der Waals surface area (Å²) in [6.45, 7) is 1.48. The van der Waals surface area contributed by atoms with Gasteiger partial charge in [-0.25, -0.2) is 17.2 Å². The minimum Gasteiger partial charge on any atom is -0.304 e. The minimum absolute atomic E-state index is 0.218. The number of hydrogen-bond donors (Lipinski definition) is 0. The van der Waals surface area contributed by atoms with Gasteiger partial charge in [0.2, 0.25) is 16.3 Å². The van der Waals surface area contributed by atoms with Crippen LogP contribution < -0.4 is 0 Å². The topological polar surface area (TPSA) is 57.7 Å². The van der Waals surface area contributed by atoms with E-state index in [0.717, 1.165) is 22.7 Å². The lowest BCUT2D eigenvalue weighted by atomic mass is 10.2. The molecule has 0 unspecified atom stereocenters. The summed E-state index contributed by atoms with van der Waals surface area (Å²) < 4.78 is 52.9. The van der Waals surface area contributed by atoms with Gasteiger partial charge in [-0.1, -0.05) is 0 Å². The quantitative estimate of drug-likeness (QED) is 0.809. The summed E-state index contributed by atoms with van der Waals surface area (Å²) in [7, 11) is -2.23. The van der Waals surface area contributed by atoms with Crippen molar-refractivity contribution in [1.29, 1.82) is 0 Å². The summed E-state index contributed by atoms with van der Waals surface area (Å²) >= 11 is 0. The first-order valence-corrected chi connectivity index (χ1v) is 7.36. The molecule has 0 aromatic heterocycles. The third-order valence-electron chi connectivity index (χ3n) is 3.24. The van der Waals surface area contributed by atoms with Gasteiger partial charge >= 0.3 is 0 Å². The maximum absolute atomic E-state index is 13.9. The molecule has 20 heavy (non-hydrogen) atoms. The second-order valence-electron chi connectivity index (χ2n) is 4.54. The summed E-state index contributed by atoms with van der Waals surface area (Å²) in [5.74, 6) is -2.52. The molecule has 0 aliphatic carbocycles. The minimum atomic E-state index is -4.08. The molecule has 1 radical (unpaired) electrons. The molecule has 8 heteroatoms. The summed E-state index contributed by atoms with van der Waals surface area (Å²) in [5.41, 5.74) is -0.986. The van der Waals surface area contributed by atoms with Crippen molar-refractivity contribution >= 4 is 16.3 Å². The first kappa shape index (κ1) is 15.0.